The van der Waals surface area contributed by atoms with Crippen molar-refractivity contribution in [3.05, 3.63) is 29.5 Å². The van der Waals surface area contributed by atoms with Gasteiger partial charge in [0.2, 0.25) is 5.89 Å². The molecule has 0 radical (unpaired) electrons. The van der Waals surface area contributed by atoms with Crippen LogP contribution in [0.3, 0.4) is 0 Å². The fourth-order valence-electron chi connectivity index (χ4n) is 1.56. The molecule has 0 aliphatic rings. The van der Waals surface area contributed by atoms with Crippen molar-refractivity contribution < 1.29 is 27.1 Å². The summed E-state index contributed by atoms with van der Waals surface area (Å²) in [6.07, 6.45) is -2.93. The number of ether oxygens (including phenoxy) is 1. The van der Waals surface area contributed by atoms with E-state index in [1.807, 2.05) is 17.5 Å². The minimum Gasteiger partial charge on any atom is -0.443 e. The standard InChI is InChI=1S/C13H14F3N3O3S/c14-13(15,16)8-21-4-3-17-12(20)18-6-9-7-22-11(19-9)10-2-1-5-23-10/h1-2,5,7H,3-4,6,8H2,(H2,17,18,20). The topological polar surface area (TPSA) is 76.4 Å². The second kappa shape index (κ2) is 7.97. The summed E-state index contributed by atoms with van der Waals surface area (Å²) in [5.41, 5.74) is 0.539. The van der Waals surface area contributed by atoms with E-state index in [-0.39, 0.29) is 19.7 Å². The van der Waals surface area contributed by atoms with E-state index < -0.39 is 18.8 Å². The number of oxazole rings is 1. The van der Waals surface area contributed by atoms with Crippen LogP contribution in [0, 0.1) is 0 Å². The van der Waals surface area contributed by atoms with Gasteiger partial charge < -0.3 is 19.8 Å². The zero-order chi connectivity index (χ0) is 16.7. The Hall–Kier alpha value is -2.07. The molecule has 0 bridgehead atoms. The lowest BCUT2D eigenvalue weighted by Gasteiger charge is -2.08. The van der Waals surface area contributed by atoms with Crippen molar-refractivity contribution in [1.29, 1.82) is 0 Å². The molecule has 0 unspecified atom stereocenters. The van der Waals surface area contributed by atoms with E-state index in [9.17, 15) is 18.0 Å². The van der Waals surface area contributed by atoms with Crippen LogP contribution in [0.15, 0.2) is 28.2 Å². The second-order valence-corrected chi connectivity index (χ2v) is 5.35. The van der Waals surface area contributed by atoms with Crippen LogP contribution in [0.4, 0.5) is 18.0 Å². The highest BCUT2D eigenvalue weighted by atomic mass is 32.1. The molecule has 0 aromatic carbocycles. The first-order valence-corrected chi connectivity index (χ1v) is 7.46. The van der Waals surface area contributed by atoms with Gasteiger partial charge in [-0.05, 0) is 11.4 Å². The molecular weight excluding hydrogens is 335 g/mol. The van der Waals surface area contributed by atoms with Gasteiger partial charge in [-0.15, -0.1) is 11.3 Å². The molecular formula is C13H14F3N3O3S. The van der Waals surface area contributed by atoms with Gasteiger partial charge in [0.15, 0.2) is 0 Å². The average Bonchev–Trinajstić information content (AvgIpc) is 3.14. The molecule has 2 N–H and O–H groups in total. The number of hydrogen-bond donors (Lipinski definition) is 2. The van der Waals surface area contributed by atoms with Gasteiger partial charge in [0.05, 0.1) is 23.7 Å². The van der Waals surface area contributed by atoms with Crippen molar-refractivity contribution in [2.24, 2.45) is 0 Å². The first kappa shape index (κ1) is 17.3. The Morgan fingerprint density at radius 3 is 2.91 bits per heavy atom. The minimum atomic E-state index is -4.37. The van der Waals surface area contributed by atoms with E-state index in [1.165, 1.54) is 17.6 Å². The number of nitrogens with zero attached hydrogens (tertiary/aromatic N) is 1. The number of carbonyl (C=O) groups is 1. The predicted octanol–water partition coefficient (Wildman–Crippen LogP) is 2.78. The lowest BCUT2D eigenvalue weighted by atomic mass is 10.4. The molecule has 0 atom stereocenters. The third-order valence-corrected chi connectivity index (χ3v) is 3.37. The molecule has 6 nitrogen and oxygen atoms in total. The lowest BCUT2D eigenvalue weighted by Crippen LogP contribution is -2.37. The van der Waals surface area contributed by atoms with Crippen molar-refractivity contribution in [2.75, 3.05) is 19.8 Å². The van der Waals surface area contributed by atoms with Gasteiger partial charge in [-0.1, -0.05) is 6.07 Å². The Kier molecular flexibility index (Phi) is 5.99. The number of halogens is 3. The molecule has 23 heavy (non-hydrogen) atoms. The Labute approximate surface area is 133 Å². The normalized spacial score (nSPS) is 11.4. The lowest BCUT2D eigenvalue weighted by molar-refractivity contribution is -0.173. The Morgan fingerprint density at radius 1 is 1.39 bits per heavy atom. The van der Waals surface area contributed by atoms with E-state index in [0.717, 1.165) is 4.88 Å². The molecule has 0 saturated carbocycles. The van der Waals surface area contributed by atoms with Crippen LogP contribution in [0.25, 0.3) is 10.8 Å². The number of carbonyl (C=O) groups excluding carboxylic acids is 1. The van der Waals surface area contributed by atoms with Crippen molar-refractivity contribution in [2.45, 2.75) is 12.7 Å². The second-order valence-electron chi connectivity index (χ2n) is 4.40. The van der Waals surface area contributed by atoms with Crippen LogP contribution in [-0.4, -0.2) is 36.9 Å². The fraction of sp³-hybridized carbons (Fsp3) is 0.385. The summed E-state index contributed by atoms with van der Waals surface area (Å²) < 4.78 is 45.1. The van der Waals surface area contributed by atoms with E-state index in [0.29, 0.717) is 11.6 Å². The summed E-state index contributed by atoms with van der Waals surface area (Å²) in [5, 5.41) is 6.79. The number of aromatic nitrogens is 1. The van der Waals surface area contributed by atoms with Gasteiger partial charge in [0.25, 0.3) is 0 Å². The molecule has 2 rings (SSSR count). The molecule has 0 spiro atoms. The monoisotopic (exact) mass is 349 g/mol. The van der Waals surface area contributed by atoms with E-state index in [2.05, 4.69) is 20.4 Å². The number of nitrogens with one attached hydrogen (secondary N) is 2. The molecule has 0 saturated heterocycles. The maximum atomic E-state index is 11.8. The minimum absolute atomic E-state index is 0.0266. The highest BCUT2D eigenvalue weighted by Gasteiger charge is 2.27. The van der Waals surface area contributed by atoms with Crippen LogP contribution < -0.4 is 10.6 Å². The van der Waals surface area contributed by atoms with Crippen LogP contribution >= 0.6 is 11.3 Å². The van der Waals surface area contributed by atoms with Gasteiger partial charge in [-0.2, -0.15) is 13.2 Å². The molecule has 126 valence electrons. The Balaban J connectivity index is 1.63. The summed E-state index contributed by atoms with van der Waals surface area (Å²) in [6.45, 7) is -1.44. The molecule has 2 aromatic heterocycles. The molecule has 0 aliphatic heterocycles. The van der Waals surface area contributed by atoms with Gasteiger partial charge in [-0.3, -0.25) is 0 Å². The largest absolute Gasteiger partial charge is 0.443 e. The summed E-state index contributed by atoms with van der Waals surface area (Å²) >= 11 is 1.48. The zero-order valence-electron chi connectivity index (χ0n) is 11.9. The molecule has 2 amide bonds. The molecule has 10 heteroatoms. The average molecular weight is 349 g/mol. The van der Waals surface area contributed by atoms with E-state index in [4.69, 9.17) is 4.42 Å². The number of rotatable bonds is 7. The third kappa shape index (κ3) is 6.28. The quantitative estimate of drug-likeness (QED) is 0.754. The SMILES string of the molecule is O=C(NCCOCC(F)(F)F)NCc1coc(-c2cccs2)n1. The maximum absolute atomic E-state index is 11.8. The first-order valence-electron chi connectivity index (χ1n) is 6.58. The summed E-state index contributed by atoms with van der Waals surface area (Å²) in [6, 6.07) is 3.21. The first-order chi connectivity index (χ1) is 10.9. The smallest absolute Gasteiger partial charge is 0.411 e. The van der Waals surface area contributed by atoms with Crippen molar-refractivity contribution >= 4 is 17.4 Å². The molecule has 2 aromatic rings. The molecule has 0 aliphatic carbocycles. The van der Waals surface area contributed by atoms with Gasteiger partial charge in [0, 0.05) is 6.54 Å². The summed E-state index contributed by atoms with van der Waals surface area (Å²) in [7, 11) is 0. The summed E-state index contributed by atoms with van der Waals surface area (Å²) in [5.74, 6) is 0.470. The van der Waals surface area contributed by atoms with Crippen molar-refractivity contribution in [3.8, 4) is 10.8 Å². The fourth-order valence-corrected chi connectivity index (χ4v) is 2.22. The Morgan fingerprint density at radius 2 is 2.22 bits per heavy atom. The molecule has 0 fully saturated rings. The van der Waals surface area contributed by atoms with Crippen LogP contribution in [0.1, 0.15) is 5.69 Å². The van der Waals surface area contributed by atoms with Gasteiger partial charge in [0.1, 0.15) is 12.9 Å². The number of urea groups is 1. The van der Waals surface area contributed by atoms with Crippen LogP contribution in [-0.2, 0) is 11.3 Å². The zero-order valence-corrected chi connectivity index (χ0v) is 12.7. The number of amides is 2. The number of hydrogen-bond acceptors (Lipinski definition) is 5. The number of thiophene rings is 1. The third-order valence-electron chi connectivity index (χ3n) is 2.51. The van der Waals surface area contributed by atoms with Crippen molar-refractivity contribution in [3.63, 3.8) is 0 Å². The number of alkyl halides is 3. The highest BCUT2D eigenvalue weighted by molar-refractivity contribution is 7.13. The Bertz CT molecular complexity index is 614. The van der Waals surface area contributed by atoms with E-state index in [1.54, 1.807) is 0 Å². The maximum Gasteiger partial charge on any atom is 0.411 e. The predicted molar refractivity (Wildman–Crippen MR) is 76.9 cm³/mol. The van der Waals surface area contributed by atoms with Crippen LogP contribution in [0.5, 0.6) is 0 Å². The highest BCUT2D eigenvalue weighted by Crippen LogP contribution is 2.23. The van der Waals surface area contributed by atoms with Crippen LogP contribution in [0.2, 0.25) is 0 Å². The van der Waals surface area contributed by atoms with Gasteiger partial charge >= 0.3 is 12.2 Å². The van der Waals surface area contributed by atoms with E-state index >= 15 is 0 Å². The molecule has 2 heterocycles. The summed E-state index contributed by atoms with van der Waals surface area (Å²) in [4.78, 5) is 16.5. The van der Waals surface area contributed by atoms with Gasteiger partial charge in [-0.25, -0.2) is 9.78 Å². The van der Waals surface area contributed by atoms with Crippen molar-refractivity contribution in [1.82, 2.24) is 15.6 Å².